The van der Waals surface area contributed by atoms with Crippen LogP contribution in [-0.4, -0.2) is 53.6 Å². The van der Waals surface area contributed by atoms with Gasteiger partial charge in [-0.15, -0.1) is 10.2 Å². The Morgan fingerprint density at radius 3 is 2.60 bits per heavy atom. The van der Waals surface area contributed by atoms with Gasteiger partial charge in [0.15, 0.2) is 5.16 Å². The van der Waals surface area contributed by atoms with Crippen molar-refractivity contribution in [1.29, 1.82) is 0 Å². The highest BCUT2D eigenvalue weighted by atomic mass is 32.2. The van der Waals surface area contributed by atoms with E-state index in [1.165, 1.54) is 11.1 Å². The summed E-state index contributed by atoms with van der Waals surface area (Å²) in [5, 5.41) is 10.1. The van der Waals surface area contributed by atoms with Crippen molar-refractivity contribution in [3.8, 4) is 11.5 Å². The smallest absolute Gasteiger partial charge is 0.191 e. The first-order chi connectivity index (χ1) is 17.0. The molecule has 1 atom stereocenters. The van der Waals surface area contributed by atoms with Crippen molar-refractivity contribution >= 4 is 11.8 Å². The fraction of sp³-hybridized carbons (Fsp3) is 0.481. The fourth-order valence-electron chi connectivity index (χ4n) is 4.58. The molecule has 0 amide bonds. The molecule has 2 heterocycles. The van der Waals surface area contributed by atoms with Gasteiger partial charge in [0.25, 0.3) is 0 Å². The lowest BCUT2D eigenvalue weighted by Crippen LogP contribution is -2.23. The summed E-state index contributed by atoms with van der Waals surface area (Å²) in [6, 6.07) is 12.6. The van der Waals surface area contributed by atoms with Crippen LogP contribution in [0.4, 0.5) is 0 Å². The second kappa shape index (κ2) is 11.9. The van der Waals surface area contributed by atoms with Crippen molar-refractivity contribution in [2.24, 2.45) is 0 Å². The first kappa shape index (κ1) is 25.5. The fourth-order valence-corrected chi connectivity index (χ4v) is 5.62. The molecule has 0 bridgehead atoms. The summed E-state index contributed by atoms with van der Waals surface area (Å²) < 4.78 is 19.4. The average molecular weight is 497 g/mol. The van der Waals surface area contributed by atoms with Gasteiger partial charge in [-0.25, -0.2) is 0 Å². The van der Waals surface area contributed by atoms with Gasteiger partial charge in [0.2, 0.25) is 0 Å². The van der Waals surface area contributed by atoms with Crippen LogP contribution in [0, 0.1) is 13.8 Å². The summed E-state index contributed by atoms with van der Waals surface area (Å²) in [7, 11) is 5.49. The Morgan fingerprint density at radius 1 is 1.06 bits per heavy atom. The molecule has 1 aliphatic heterocycles. The maximum absolute atomic E-state index is 5.96. The third-order valence-electron chi connectivity index (χ3n) is 6.54. The van der Waals surface area contributed by atoms with Crippen molar-refractivity contribution < 1.29 is 14.2 Å². The van der Waals surface area contributed by atoms with E-state index in [0.717, 1.165) is 71.9 Å². The molecule has 1 fully saturated rings. The second-order valence-corrected chi connectivity index (χ2v) is 10.1. The van der Waals surface area contributed by atoms with Gasteiger partial charge in [0.1, 0.15) is 17.3 Å². The average Bonchev–Trinajstić information content (AvgIpc) is 3.50. The van der Waals surface area contributed by atoms with Crippen LogP contribution in [-0.2, 0) is 30.1 Å². The Morgan fingerprint density at radius 2 is 1.89 bits per heavy atom. The highest BCUT2D eigenvalue weighted by molar-refractivity contribution is 7.98. The summed E-state index contributed by atoms with van der Waals surface area (Å²) >= 11 is 1.74. The van der Waals surface area contributed by atoms with Crippen LogP contribution in [0.25, 0.3) is 0 Å². The summed E-state index contributed by atoms with van der Waals surface area (Å²) in [6.45, 7) is 7.22. The standard InChI is InChI=1S/C27H36N4O3S/c1-19-9-6-7-10-22(19)18-35-27-29-28-25(31(27)16-23-11-8-14-34-23)17-30(3)15-21-12-13-24(32-4)20(2)26(21)33-5/h6-7,9-10,12-13,23H,8,11,14-18H2,1-5H3. The number of rotatable bonds is 11. The molecule has 0 N–H and O–H groups in total. The third-order valence-corrected chi connectivity index (χ3v) is 7.55. The van der Waals surface area contributed by atoms with Gasteiger partial charge in [-0.2, -0.15) is 0 Å². The van der Waals surface area contributed by atoms with Crippen LogP contribution < -0.4 is 9.47 Å². The Balaban J connectivity index is 1.51. The lowest BCUT2D eigenvalue weighted by molar-refractivity contribution is 0.0934. The van der Waals surface area contributed by atoms with Crippen molar-refractivity contribution in [1.82, 2.24) is 19.7 Å². The second-order valence-electron chi connectivity index (χ2n) is 9.12. The quantitative estimate of drug-likeness (QED) is 0.346. The van der Waals surface area contributed by atoms with E-state index < -0.39 is 0 Å². The number of benzene rings is 2. The summed E-state index contributed by atoms with van der Waals surface area (Å²) in [5.41, 5.74) is 4.75. The molecular formula is C27H36N4O3S. The molecule has 188 valence electrons. The third kappa shape index (κ3) is 6.18. The lowest BCUT2D eigenvalue weighted by atomic mass is 10.1. The molecule has 4 rings (SSSR count). The molecule has 0 aliphatic carbocycles. The highest BCUT2D eigenvalue weighted by Gasteiger charge is 2.22. The molecule has 8 heteroatoms. The zero-order valence-corrected chi connectivity index (χ0v) is 22.2. The first-order valence-corrected chi connectivity index (χ1v) is 13.1. The van der Waals surface area contributed by atoms with Gasteiger partial charge in [-0.05, 0) is 50.9 Å². The zero-order valence-electron chi connectivity index (χ0n) is 21.4. The molecule has 1 aliphatic rings. The van der Waals surface area contributed by atoms with Gasteiger partial charge >= 0.3 is 0 Å². The van der Waals surface area contributed by atoms with E-state index in [1.807, 2.05) is 13.0 Å². The molecule has 0 radical (unpaired) electrons. The summed E-state index contributed by atoms with van der Waals surface area (Å²) in [6.07, 6.45) is 2.42. The number of hydrogen-bond acceptors (Lipinski definition) is 7. The molecule has 2 aromatic carbocycles. The number of hydrogen-bond donors (Lipinski definition) is 0. The number of methoxy groups -OCH3 is 2. The van der Waals surface area contributed by atoms with Gasteiger partial charge < -0.3 is 18.8 Å². The van der Waals surface area contributed by atoms with E-state index in [-0.39, 0.29) is 6.10 Å². The van der Waals surface area contributed by atoms with Gasteiger partial charge in [-0.1, -0.05) is 42.1 Å². The number of aryl methyl sites for hydroxylation is 1. The Bertz CT molecular complexity index is 1130. The van der Waals surface area contributed by atoms with E-state index in [4.69, 9.17) is 14.2 Å². The van der Waals surface area contributed by atoms with E-state index in [9.17, 15) is 0 Å². The molecular weight excluding hydrogens is 460 g/mol. The number of thioether (sulfide) groups is 1. The molecule has 1 unspecified atom stereocenters. The van der Waals surface area contributed by atoms with Crippen LogP contribution in [0.5, 0.6) is 11.5 Å². The number of ether oxygens (including phenoxy) is 3. The molecule has 0 saturated carbocycles. The van der Waals surface area contributed by atoms with Gasteiger partial charge in [0.05, 0.1) is 33.4 Å². The molecule has 35 heavy (non-hydrogen) atoms. The minimum atomic E-state index is 0.220. The molecule has 7 nitrogen and oxygen atoms in total. The topological polar surface area (TPSA) is 61.6 Å². The van der Waals surface area contributed by atoms with Crippen LogP contribution in [0.1, 0.15) is 40.9 Å². The first-order valence-electron chi connectivity index (χ1n) is 12.1. The Kier molecular flexibility index (Phi) is 8.70. The maximum Gasteiger partial charge on any atom is 0.191 e. The number of nitrogens with zero attached hydrogens (tertiary/aromatic N) is 4. The normalized spacial score (nSPS) is 15.7. The molecule has 1 aromatic heterocycles. The summed E-state index contributed by atoms with van der Waals surface area (Å²) in [4.78, 5) is 2.25. The van der Waals surface area contributed by atoms with Gasteiger partial charge in [-0.3, -0.25) is 4.90 Å². The highest BCUT2D eigenvalue weighted by Crippen LogP contribution is 2.32. The lowest BCUT2D eigenvalue weighted by Gasteiger charge is -2.21. The van der Waals surface area contributed by atoms with Gasteiger partial charge in [0, 0.05) is 30.0 Å². The Hall–Kier alpha value is -2.55. The maximum atomic E-state index is 5.96. The number of aromatic nitrogens is 3. The van der Waals surface area contributed by atoms with Crippen molar-refractivity contribution in [3.63, 3.8) is 0 Å². The predicted molar refractivity (Wildman–Crippen MR) is 139 cm³/mol. The van der Waals surface area contributed by atoms with E-state index in [0.29, 0.717) is 6.54 Å². The van der Waals surface area contributed by atoms with Crippen LogP contribution in [0.15, 0.2) is 41.6 Å². The summed E-state index contributed by atoms with van der Waals surface area (Å²) in [5.74, 6) is 3.53. The van der Waals surface area contributed by atoms with Crippen molar-refractivity contribution in [2.75, 3.05) is 27.9 Å². The Labute approximate surface area is 212 Å². The monoisotopic (exact) mass is 496 g/mol. The van der Waals surface area contributed by atoms with Crippen molar-refractivity contribution in [2.45, 2.75) is 63.3 Å². The largest absolute Gasteiger partial charge is 0.496 e. The molecule has 0 spiro atoms. The van der Waals surface area contributed by atoms with Crippen molar-refractivity contribution in [3.05, 3.63) is 64.5 Å². The van der Waals surface area contributed by atoms with E-state index >= 15 is 0 Å². The molecule has 3 aromatic rings. The SMILES string of the molecule is COc1ccc(CN(C)Cc2nnc(SCc3ccccc3C)n2CC2CCCO2)c(OC)c1C. The van der Waals surface area contributed by atoms with Crippen LogP contribution in [0.3, 0.4) is 0 Å². The van der Waals surface area contributed by atoms with E-state index in [2.05, 4.69) is 64.0 Å². The minimum Gasteiger partial charge on any atom is -0.496 e. The van der Waals surface area contributed by atoms with Crippen LogP contribution in [0.2, 0.25) is 0 Å². The molecule has 1 saturated heterocycles. The van der Waals surface area contributed by atoms with E-state index in [1.54, 1.807) is 26.0 Å². The minimum absolute atomic E-state index is 0.220. The predicted octanol–water partition coefficient (Wildman–Crippen LogP) is 5.02. The zero-order chi connectivity index (χ0) is 24.8. The van der Waals surface area contributed by atoms with Crippen LogP contribution >= 0.6 is 11.8 Å².